The number of aromatic nitrogens is 3. The summed E-state index contributed by atoms with van der Waals surface area (Å²) < 4.78 is 73.0. The third-order valence-electron chi connectivity index (χ3n) is 7.90. The number of carbonyl (C=O) groups excluding carboxylic acids is 4. The number of piperazine rings is 1. The topological polar surface area (TPSA) is 159 Å². The Morgan fingerprint density at radius 3 is 2.11 bits per heavy atom. The van der Waals surface area contributed by atoms with Crippen LogP contribution in [0.5, 0.6) is 5.75 Å². The first kappa shape index (κ1) is 40.5. The van der Waals surface area contributed by atoms with E-state index < -0.39 is 23.9 Å². The fourth-order valence-electron chi connectivity index (χ4n) is 5.16. The lowest BCUT2D eigenvalue weighted by Crippen LogP contribution is -2.52. The minimum absolute atomic E-state index is 0.108. The highest BCUT2D eigenvalue weighted by molar-refractivity contribution is 6.41. The minimum atomic E-state index is -5.77. The number of amides is 3. The first-order chi connectivity index (χ1) is 26.0. The summed E-state index contributed by atoms with van der Waals surface area (Å²) >= 11 is 12.2. The van der Waals surface area contributed by atoms with Crippen molar-refractivity contribution < 1.29 is 50.3 Å². The molecular formula is C34H28Cl2F6N8O5. The molecule has 0 radical (unpaired) electrons. The lowest BCUT2D eigenvalue weighted by atomic mass is 10.0. The Kier molecular flexibility index (Phi) is 12.7. The number of urea groups is 1. The molecule has 290 valence electrons. The van der Waals surface area contributed by atoms with Gasteiger partial charge in [0.05, 0.1) is 18.1 Å². The number of pyridine rings is 1. The fraction of sp³-hybridized carbons (Fsp3) is 0.265. The van der Waals surface area contributed by atoms with Crippen molar-refractivity contribution in [3.63, 3.8) is 0 Å². The van der Waals surface area contributed by atoms with Gasteiger partial charge in [-0.1, -0.05) is 35.3 Å². The largest absolute Gasteiger partial charge is 0.483 e. The van der Waals surface area contributed by atoms with Crippen LogP contribution in [0.2, 0.25) is 10.2 Å². The van der Waals surface area contributed by atoms with Crippen LogP contribution in [0.3, 0.4) is 0 Å². The number of rotatable bonds is 5. The molecule has 1 saturated heterocycles. The van der Waals surface area contributed by atoms with Crippen LogP contribution in [0.15, 0.2) is 67.0 Å². The van der Waals surface area contributed by atoms with Gasteiger partial charge in [-0.15, -0.1) is 0 Å². The molecule has 0 atom stereocenters. The second-order valence-electron chi connectivity index (χ2n) is 11.8. The van der Waals surface area contributed by atoms with E-state index in [2.05, 4.69) is 43.0 Å². The van der Waals surface area contributed by atoms with Crippen LogP contribution in [0.1, 0.15) is 11.1 Å². The van der Waals surface area contributed by atoms with E-state index in [4.69, 9.17) is 27.9 Å². The van der Waals surface area contributed by atoms with Gasteiger partial charge in [0.25, 0.3) is 5.91 Å². The number of aryl methyl sites for hydroxylation is 2. The Hall–Kier alpha value is -5.69. The third-order valence-corrected chi connectivity index (χ3v) is 8.40. The van der Waals surface area contributed by atoms with Crippen molar-refractivity contribution in [3.05, 3.63) is 88.3 Å². The van der Waals surface area contributed by atoms with E-state index in [1.165, 1.54) is 6.20 Å². The summed E-state index contributed by atoms with van der Waals surface area (Å²) in [5.41, 5.74) is 4.29. The first-order valence-electron chi connectivity index (χ1n) is 16.1. The molecule has 0 unspecified atom stereocenters. The van der Waals surface area contributed by atoms with Crippen LogP contribution >= 0.6 is 23.2 Å². The molecule has 21 heteroatoms. The quantitative estimate of drug-likeness (QED) is 0.112. The molecule has 2 aliphatic heterocycles. The normalized spacial score (nSPS) is 14.0. The predicted octanol–water partition coefficient (Wildman–Crippen LogP) is 6.77. The lowest BCUT2D eigenvalue weighted by Gasteiger charge is -2.34. The summed E-state index contributed by atoms with van der Waals surface area (Å²) in [5.74, 6) is -5.42. The maximum absolute atomic E-state index is 13.1. The van der Waals surface area contributed by atoms with E-state index >= 15 is 0 Å². The number of hydrogen-bond donors (Lipinski definition) is 3. The van der Waals surface area contributed by atoms with E-state index in [1.54, 1.807) is 28.1 Å². The van der Waals surface area contributed by atoms with Crippen molar-refractivity contribution in [1.29, 1.82) is 0 Å². The highest BCUT2D eigenvalue weighted by Crippen LogP contribution is 2.31. The SMILES string of the molecule is O=C(C(=O)C(F)(F)F)C(F)(F)F.O=C(COc1ccc2cc1CCc1cccc(c1)Nc1ncc(Cl)c(n1)N2)N1CCN(C(=O)Nc2ccc(Cl)nc2)CC1. The minimum Gasteiger partial charge on any atom is -0.483 e. The summed E-state index contributed by atoms with van der Waals surface area (Å²) in [5, 5.41) is 10.1. The predicted molar refractivity (Wildman–Crippen MR) is 188 cm³/mol. The zero-order valence-corrected chi connectivity index (χ0v) is 29.6. The number of benzene rings is 2. The molecule has 1 fully saturated rings. The Bertz CT molecular complexity index is 2040. The maximum atomic E-state index is 13.1. The molecule has 4 aromatic rings. The highest BCUT2D eigenvalue weighted by Gasteiger charge is 2.54. The van der Waals surface area contributed by atoms with Gasteiger partial charge in [0.2, 0.25) is 5.95 Å². The van der Waals surface area contributed by atoms with Crippen LogP contribution in [-0.2, 0) is 27.2 Å². The number of nitrogens with zero attached hydrogens (tertiary/aromatic N) is 5. The van der Waals surface area contributed by atoms with Gasteiger partial charge in [-0.25, -0.2) is 14.8 Å². The second kappa shape index (κ2) is 17.2. The molecule has 4 heterocycles. The van der Waals surface area contributed by atoms with E-state index in [0.717, 1.165) is 28.9 Å². The van der Waals surface area contributed by atoms with Gasteiger partial charge in [0.15, 0.2) is 12.4 Å². The third kappa shape index (κ3) is 11.2. The molecule has 0 aliphatic carbocycles. The van der Waals surface area contributed by atoms with E-state index in [-0.39, 0.29) is 18.5 Å². The number of ketones is 2. The number of carbonyl (C=O) groups is 4. The van der Waals surface area contributed by atoms with Crippen LogP contribution in [0.25, 0.3) is 0 Å². The molecule has 3 N–H and O–H groups in total. The summed E-state index contributed by atoms with van der Waals surface area (Å²) in [4.78, 5) is 61.1. The summed E-state index contributed by atoms with van der Waals surface area (Å²) in [7, 11) is 0. The summed E-state index contributed by atoms with van der Waals surface area (Å²) in [6.07, 6.45) is -7.04. The molecule has 3 amide bonds. The van der Waals surface area contributed by atoms with E-state index in [0.29, 0.717) is 66.0 Å². The van der Waals surface area contributed by atoms with Crippen LogP contribution in [0.4, 0.5) is 60.0 Å². The number of fused-ring (bicyclic) bond motifs is 6. The van der Waals surface area contributed by atoms with E-state index in [1.807, 2.05) is 30.3 Å². The first-order valence-corrected chi connectivity index (χ1v) is 16.8. The number of halogens is 8. The van der Waals surface area contributed by atoms with Crippen LogP contribution in [-0.4, -0.2) is 93.4 Å². The molecule has 13 nitrogen and oxygen atoms in total. The van der Waals surface area contributed by atoms with Gasteiger partial charge in [-0.05, 0) is 66.4 Å². The average Bonchev–Trinajstić information content (AvgIpc) is 3.15. The van der Waals surface area contributed by atoms with Gasteiger partial charge in [-0.2, -0.15) is 31.3 Å². The molecular weight excluding hydrogens is 785 g/mol. The molecule has 6 rings (SSSR count). The fourth-order valence-corrected chi connectivity index (χ4v) is 5.41. The number of ether oxygens (including phenoxy) is 1. The Morgan fingerprint density at radius 1 is 0.782 bits per heavy atom. The molecule has 55 heavy (non-hydrogen) atoms. The van der Waals surface area contributed by atoms with Crippen molar-refractivity contribution in [2.45, 2.75) is 25.2 Å². The zero-order valence-electron chi connectivity index (χ0n) is 28.1. The zero-order chi connectivity index (χ0) is 39.9. The van der Waals surface area contributed by atoms with Crippen molar-refractivity contribution in [1.82, 2.24) is 24.8 Å². The van der Waals surface area contributed by atoms with Gasteiger partial charge in [0, 0.05) is 37.6 Å². The number of hydrogen-bond acceptors (Lipinski definition) is 10. The van der Waals surface area contributed by atoms with Crippen molar-refractivity contribution in [3.8, 4) is 5.75 Å². The highest BCUT2D eigenvalue weighted by atomic mass is 35.5. The van der Waals surface area contributed by atoms with Gasteiger partial charge in [0.1, 0.15) is 15.9 Å². The summed E-state index contributed by atoms with van der Waals surface area (Å²) in [6.45, 7) is 1.53. The molecule has 2 aromatic heterocycles. The monoisotopic (exact) mass is 812 g/mol. The van der Waals surface area contributed by atoms with E-state index in [9.17, 15) is 45.5 Å². The van der Waals surface area contributed by atoms with Crippen LogP contribution < -0.4 is 20.7 Å². The molecule has 0 spiro atoms. The molecule has 6 bridgehead atoms. The van der Waals surface area contributed by atoms with Gasteiger partial charge >= 0.3 is 30.0 Å². The Labute approximate surface area is 318 Å². The smallest absolute Gasteiger partial charge is 0.458 e. The Balaban J connectivity index is 0.000000418. The van der Waals surface area contributed by atoms with Crippen molar-refractivity contribution >= 4 is 75.5 Å². The standard InChI is InChI=1S/C30H28Cl2N8O3.C4F6O2/c31-24-17-34-29-36-21-3-1-2-19(14-21)4-5-20-15-22(35-28(24)38-29)6-8-25(20)43-18-27(41)39-10-12-40(13-11-39)30(42)37-23-7-9-26(32)33-16-23;5-3(6,7)1(11)2(12)4(8,9)10/h1-3,6-9,14-17H,4-5,10-13,18H2,(H,37,42)(H2,34,35,36,38);. The molecule has 2 aliphatic rings. The second-order valence-corrected chi connectivity index (χ2v) is 12.6. The maximum Gasteiger partial charge on any atom is 0.458 e. The number of alkyl halides is 6. The lowest BCUT2D eigenvalue weighted by molar-refractivity contribution is -0.193. The van der Waals surface area contributed by atoms with Crippen LogP contribution in [0, 0.1) is 0 Å². The number of anilines is 5. The Morgan fingerprint density at radius 2 is 1.45 bits per heavy atom. The molecule has 2 aromatic carbocycles. The van der Waals surface area contributed by atoms with Gasteiger partial charge < -0.3 is 30.5 Å². The molecule has 0 saturated carbocycles. The summed E-state index contributed by atoms with van der Waals surface area (Å²) in [6, 6.07) is 16.8. The average molecular weight is 814 g/mol. The number of Topliss-reactive ketones (excluding diaryl/α,β-unsaturated/α-hetero) is 2. The van der Waals surface area contributed by atoms with Crippen molar-refractivity contribution in [2.24, 2.45) is 0 Å². The van der Waals surface area contributed by atoms with Gasteiger partial charge in [-0.3, -0.25) is 14.4 Å². The van der Waals surface area contributed by atoms with Crippen molar-refractivity contribution in [2.75, 3.05) is 48.7 Å². The number of nitrogens with one attached hydrogen (secondary N) is 3.